The zero-order chi connectivity index (χ0) is 16.1. The second-order valence-electron chi connectivity index (χ2n) is 5.47. The standard InChI is InChI=1S/C15H21BrF2O2S/c1-3-7-15(10-16,8-4-2)11-21(19,20)12-5-6-13(17)14(18)9-12/h5-6,9H,3-4,7-8,10-11H2,1-2H3. The van der Waals surface area contributed by atoms with Gasteiger partial charge in [-0.2, -0.15) is 0 Å². The van der Waals surface area contributed by atoms with Crippen LogP contribution in [0.3, 0.4) is 0 Å². The van der Waals surface area contributed by atoms with Crippen LogP contribution in [0, 0.1) is 17.0 Å². The fraction of sp³-hybridized carbons (Fsp3) is 0.600. The van der Waals surface area contributed by atoms with E-state index < -0.39 is 21.5 Å². The number of alkyl halides is 1. The molecule has 0 N–H and O–H groups in total. The van der Waals surface area contributed by atoms with Gasteiger partial charge in [0.25, 0.3) is 0 Å². The summed E-state index contributed by atoms with van der Waals surface area (Å²) in [6.07, 6.45) is 3.29. The van der Waals surface area contributed by atoms with E-state index in [-0.39, 0.29) is 16.1 Å². The van der Waals surface area contributed by atoms with Crippen molar-refractivity contribution in [2.24, 2.45) is 5.41 Å². The first-order chi connectivity index (χ1) is 9.80. The van der Waals surface area contributed by atoms with Crippen LogP contribution >= 0.6 is 15.9 Å². The van der Waals surface area contributed by atoms with Gasteiger partial charge in [0.15, 0.2) is 21.5 Å². The molecular formula is C15H21BrF2O2S. The SMILES string of the molecule is CCCC(CBr)(CCC)CS(=O)(=O)c1ccc(F)c(F)c1. The predicted octanol–water partition coefficient (Wildman–Crippen LogP) is 4.72. The van der Waals surface area contributed by atoms with Crippen molar-refractivity contribution >= 4 is 25.8 Å². The third-order valence-electron chi connectivity index (χ3n) is 3.59. The molecule has 0 saturated carbocycles. The minimum atomic E-state index is -3.65. The van der Waals surface area contributed by atoms with Gasteiger partial charge in [-0.25, -0.2) is 17.2 Å². The van der Waals surface area contributed by atoms with Crippen molar-refractivity contribution < 1.29 is 17.2 Å². The van der Waals surface area contributed by atoms with Gasteiger partial charge < -0.3 is 0 Å². The van der Waals surface area contributed by atoms with Gasteiger partial charge in [-0.3, -0.25) is 0 Å². The molecule has 120 valence electrons. The summed E-state index contributed by atoms with van der Waals surface area (Å²) in [6.45, 7) is 4.02. The van der Waals surface area contributed by atoms with E-state index in [9.17, 15) is 17.2 Å². The van der Waals surface area contributed by atoms with Crippen molar-refractivity contribution in [1.29, 1.82) is 0 Å². The van der Waals surface area contributed by atoms with Crippen LogP contribution in [0.15, 0.2) is 23.1 Å². The molecule has 1 aromatic carbocycles. The fourth-order valence-electron chi connectivity index (χ4n) is 2.66. The molecule has 1 aromatic rings. The molecule has 0 aliphatic carbocycles. The van der Waals surface area contributed by atoms with E-state index in [2.05, 4.69) is 15.9 Å². The average molecular weight is 383 g/mol. The van der Waals surface area contributed by atoms with Crippen molar-refractivity contribution in [3.05, 3.63) is 29.8 Å². The lowest BCUT2D eigenvalue weighted by Crippen LogP contribution is -2.32. The molecule has 0 amide bonds. The lowest BCUT2D eigenvalue weighted by Gasteiger charge is -2.31. The van der Waals surface area contributed by atoms with Crippen LogP contribution in [0.1, 0.15) is 39.5 Å². The molecule has 0 unspecified atom stereocenters. The maximum atomic E-state index is 13.3. The highest BCUT2D eigenvalue weighted by Crippen LogP contribution is 2.35. The van der Waals surface area contributed by atoms with E-state index in [1.807, 2.05) is 13.8 Å². The van der Waals surface area contributed by atoms with Crippen LogP contribution in [-0.4, -0.2) is 19.5 Å². The van der Waals surface area contributed by atoms with Gasteiger partial charge in [0, 0.05) is 5.33 Å². The zero-order valence-electron chi connectivity index (χ0n) is 12.3. The molecule has 0 spiro atoms. The molecule has 0 aromatic heterocycles. The molecule has 0 fully saturated rings. The van der Waals surface area contributed by atoms with Gasteiger partial charge >= 0.3 is 0 Å². The van der Waals surface area contributed by atoms with Crippen molar-refractivity contribution in [2.75, 3.05) is 11.1 Å². The molecule has 0 radical (unpaired) electrons. The Balaban J connectivity index is 3.13. The predicted molar refractivity (Wildman–Crippen MR) is 84.5 cm³/mol. The summed E-state index contributed by atoms with van der Waals surface area (Å²) >= 11 is 3.43. The molecule has 21 heavy (non-hydrogen) atoms. The van der Waals surface area contributed by atoms with Crippen LogP contribution < -0.4 is 0 Å². The van der Waals surface area contributed by atoms with E-state index in [1.165, 1.54) is 0 Å². The minimum Gasteiger partial charge on any atom is -0.224 e. The Labute approximate surface area is 134 Å². The lowest BCUT2D eigenvalue weighted by atomic mass is 9.83. The number of sulfone groups is 1. The van der Waals surface area contributed by atoms with Gasteiger partial charge in [0.1, 0.15) is 0 Å². The summed E-state index contributed by atoms with van der Waals surface area (Å²) in [5, 5.41) is 0.574. The second kappa shape index (κ2) is 7.68. The Hall–Kier alpha value is -0.490. The first kappa shape index (κ1) is 18.6. The summed E-state index contributed by atoms with van der Waals surface area (Å²) < 4.78 is 51.2. The third kappa shape index (κ3) is 4.74. The summed E-state index contributed by atoms with van der Waals surface area (Å²) in [5.41, 5.74) is -0.368. The van der Waals surface area contributed by atoms with Crippen molar-refractivity contribution in [3.8, 4) is 0 Å². The van der Waals surface area contributed by atoms with Crippen LogP contribution in [-0.2, 0) is 9.84 Å². The number of benzene rings is 1. The van der Waals surface area contributed by atoms with Crippen molar-refractivity contribution in [2.45, 2.75) is 44.4 Å². The number of hydrogen-bond acceptors (Lipinski definition) is 2. The maximum absolute atomic E-state index is 13.3. The maximum Gasteiger partial charge on any atom is 0.179 e. The van der Waals surface area contributed by atoms with Crippen LogP contribution in [0.4, 0.5) is 8.78 Å². The molecule has 0 aliphatic heterocycles. The van der Waals surface area contributed by atoms with Crippen molar-refractivity contribution in [1.82, 2.24) is 0 Å². The fourth-order valence-corrected chi connectivity index (χ4v) is 5.60. The highest BCUT2D eigenvalue weighted by molar-refractivity contribution is 9.09. The Morgan fingerprint density at radius 1 is 1.10 bits per heavy atom. The van der Waals surface area contributed by atoms with Gasteiger partial charge in [-0.05, 0) is 36.5 Å². The number of hydrogen-bond donors (Lipinski definition) is 0. The van der Waals surface area contributed by atoms with Gasteiger partial charge in [-0.1, -0.05) is 42.6 Å². The normalized spacial score (nSPS) is 12.6. The average Bonchev–Trinajstić information content (AvgIpc) is 2.41. The zero-order valence-corrected chi connectivity index (χ0v) is 14.7. The summed E-state index contributed by atoms with van der Waals surface area (Å²) in [5.74, 6) is -2.23. The van der Waals surface area contributed by atoms with E-state index in [0.717, 1.165) is 43.9 Å². The first-order valence-corrected chi connectivity index (χ1v) is 9.81. The monoisotopic (exact) mass is 382 g/mol. The molecule has 0 aliphatic rings. The first-order valence-electron chi connectivity index (χ1n) is 7.04. The minimum absolute atomic E-state index is 0.0575. The second-order valence-corrected chi connectivity index (χ2v) is 8.02. The molecular weight excluding hydrogens is 362 g/mol. The van der Waals surface area contributed by atoms with E-state index in [1.54, 1.807) is 0 Å². The Kier molecular flexibility index (Phi) is 6.78. The molecule has 2 nitrogen and oxygen atoms in total. The summed E-state index contributed by atoms with van der Waals surface area (Å²) in [6, 6.07) is 2.75. The smallest absolute Gasteiger partial charge is 0.179 e. The number of rotatable bonds is 8. The molecule has 0 bridgehead atoms. The third-order valence-corrected chi connectivity index (χ3v) is 6.74. The highest BCUT2D eigenvalue weighted by atomic mass is 79.9. The highest BCUT2D eigenvalue weighted by Gasteiger charge is 2.34. The molecule has 0 heterocycles. The van der Waals surface area contributed by atoms with E-state index >= 15 is 0 Å². The topological polar surface area (TPSA) is 34.1 Å². The van der Waals surface area contributed by atoms with Gasteiger partial charge in [0.05, 0.1) is 10.6 Å². The molecule has 0 saturated heterocycles. The Morgan fingerprint density at radius 3 is 2.10 bits per heavy atom. The molecule has 1 rings (SSSR count). The van der Waals surface area contributed by atoms with Crippen molar-refractivity contribution in [3.63, 3.8) is 0 Å². The Morgan fingerprint density at radius 2 is 1.67 bits per heavy atom. The van der Waals surface area contributed by atoms with Gasteiger partial charge in [-0.15, -0.1) is 0 Å². The van der Waals surface area contributed by atoms with E-state index in [4.69, 9.17) is 0 Å². The summed E-state index contributed by atoms with van der Waals surface area (Å²) in [4.78, 5) is -0.154. The van der Waals surface area contributed by atoms with E-state index in [0.29, 0.717) is 5.33 Å². The molecule has 0 atom stereocenters. The van der Waals surface area contributed by atoms with Crippen LogP contribution in [0.2, 0.25) is 0 Å². The van der Waals surface area contributed by atoms with Gasteiger partial charge in [0.2, 0.25) is 0 Å². The van der Waals surface area contributed by atoms with Crippen LogP contribution in [0.25, 0.3) is 0 Å². The quantitative estimate of drug-likeness (QED) is 0.481. The number of halogens is 3. The lowest BCUT2D eigenvalue weighted by molar-refractivity contribution is 0.314. The largest absolute Gasteiger partial charge is 0.224 e. The van der Waals surface area contributed by atoms with Crippen LogP contribution in [0.5, 0.6) is 0 Å². The Bertz CT molecular complexity index is 567. The molecule has 6 heteroatoms. The summed E-state index contributed by atoms with van der Waals surface area (Å²) in [7, 11) is -3.65.